The molecular weight excluding hydrogens is 261 g/mol. The molecule has 18 heavy (non-hydrogen) atoms. The zero-order valence-corrected chi connectivity index (χ0v) is 9.98. The number of rotatable bonds is 1. The van der Waals surface area contributed by atoms with Gasteiger partial charge in [-0.15, -0.1) is 0 Å². The van der Waals surface area contributed by atoms with Gasteiger partial charge in [-0.05, 0) is 12.1 Å². The molecule has 1 aromatic carbocycles. The van der Waals surface area contributed by atoms with E-state index in [2.05, 4.69) is 0 Å². The Morgan fingerprint density at radius 1 is 1.50 bits per heavy atom. The number of hydrogen-bond acceptors (Lipinski definition) is 3. The second-order valence-corrected chi connectivity index (χ2v) is 4.77. The van der Waals surface area contributed by atoms with Crippen LogP contribution < -0.4 is 0 Å². The van der Waals surface area contributed by atoms with Crippen LogP contribution in [0.1, 0.15) is 16.8 Å². The van der Waals surface area contributed by atoms with E-state index < -0.39 is 23.7 Å². The molecule has 3 rings (SSSR count). The van der Waals surface area contributed by atoms with Gasteiger partial charge in [0.25, 0.3) is 5.91 Å². The highest BCUT2D eigenvalue weighted by Crippen LogP contribution is 2.32. The molecule has 94 valence electrons. The van der Waals surface area contributed by atoms with Crippen LogP contribution in [0.3, 0.4) is 0 Å². The van der Waals surface area contributed by atoms with Gasteiger partial charge in [-0.3, -0.25) is 4.79 Å². The fourth-order valence-electron chi connectivity index (χ4n) is 2.42. The Kier molecular flexibility index (Phi) is 2.52. The maximum Gasteiger partial charge on any atom is 0.329 e. The number of benzene rings is 1. The van der Waals surface area contributed by atoms with E-state index in [9.17, 15) is 14.0 Å². The molecule has 0 aliphatic carbocycles. The monoisotopic (exact) mass is 269 g/mol. The summed E-state index contributed by atoms with van der Waals surface area (Å²) in [6.07, 6.45) is 0.216. The SMILES string of the molecule is O=C1OC2CC1N(C(=O)c1c(F)cccc1Cl)C2. The maximum atomic E-state index is 13.6. The number of esters is 1. The predicted molar refractivity (Wildman–Crippen MR) is 60.7 cm³/mol. The minimum absolute atomic E-state index is 0.0520. The molecule has 0 aromatic heterocycles. The third kappa shape index (κ3) is 1.58. The first-order valence-electron chi connectivity index (χ1n) is 5.53. The van der Waals surface area contributed by atoms with Gasteiger partial charge in [-0.25, -0.2) is 9.18 Å². The molecule has 2 saturated heterocycles. The van der Waals surface area contributed by atoms with Gasteiger partial charge in [0, 0.05) is 6.42 Å². The number of nitrogens with zero attached hydrogens (tertiary/aromatic N) is 1. The number of likely N-dealkylation sites (tertiary alicyclic amines) is 1. The normalized spacial score (nSPS) is 25.4. The lowest BCUT2D eigenvalue weighted by atomic mass is 10.1. The fourth-order valence-corrected chi connectivity index (χ4v) is 2.66. The molecule has 2 heterocycles. The highest BCUT2D eigenvalue weighted by atomic mass is 35.5. The van der Waals surface area contributed by atoms with Crippen LogP contribution in [-0.2, 0) is 9.53 Å². The van der Waals surface area contributed by atoms with Crippen molar-refractivity contribution in [2.24, 2.45) is 0 Å². The lowest BCUT2D eigenvalue weighted by molar-refractivity contribution is -0.149. The molecule has 0 spiro atoms. The summed E-state index contributed by atoms with van der Waals surface area (Å²) in [5.41, 5.74) is -0.181. The number of hydrogen-bond donors (Lipinski definition) is 0. The van der Waals surface area contributed by atoms with Crippen molar-refractivity contribution in [1.29, 1.82) is 0 Å². The van der Waals surface area contributed by atoms with Crippen LogP contribution in [0, 0.1) is 5.82 Å². The van der Waals surface area contributed by atoms with Crippen molar-refractivity contribution in [3.63, 3.8) is 0 Å². The van der Waals surface area contributed by atoms with E-state index in [1.165, 1.54) is 23.1 Å². The molecule has 4 nitrogen and oxygen atoms in total. The van der Waals surface area contributed by atoms with E-state index in [0.717, 1.165) is 0 Å². The van der Waals surface area contributed by atoms with E-state index in [0.29, 0.717) is 13.0 Å². The Morgan fingerprint density at radius 2 is 2.28 bits per heavy atom. The molecule has 2 unspecified atom stereocenters. The summed E-state index contributed by atoms with van der Waals surface area (Å²) >= 11 is 5.84. The average Bonchev–Trinajstić information content (AvgIpc) is 2.87. The zero-order valence-electron chi connectivity index (χ0n) is 9.23. The number of halogens is 2. The van der Waals surface area contributed by atoms with Crippen molar-refractivity contribution in [3.8, 4) is 0 Å². The van der Waals surface area contributed by atoms with Gasteiger partial charge in [0.15, 0.2) is 0 Å². The summed E-state index contributed by atoms with van der Waals surface area (Å²) in [6.45, 7) is 0.305. The van der Waals surface area contributed by atoms with Crippen LogP contribution in [0.25, 0.3) is 0 Å². The van der Waals surface area contributed by atoms with Gasteiger partial charge >= 0.3 is 5.97 Å². The highest BCUT2D eigenvalue weighted by Gasteiger charge is 2.49. The molecule has 0 N–H and O–H groups in total. The fraction of sp³-hybridized carbons (Fsp3) is 0.333. The molecule has 2 aliphatic rings. The standard InChI is InChI=1S/C12H9ClFNO3/c13-7-2-1-3-8(14)10(7)11(16)15-5-6-4-9(15)12(17)18-6/h1-3,6,9H,4-5H2. The van der Waals surface area contributed by atoms with Crippen molar-refractivity contribution < 1.29 is 18.7 Å². The van der Waals surface area contributed by atoms with Crippen LogP contribution in [0.4, 0.5) is 4.39 Å². The molecular formula is C12H9ClFNO3. The van der Waals surface area contributed by atoms with Gasteiger partial charge in [-0.1, -0.05) is 17.7 Å². The van der Waals surface area contributed by atoms with E-state index in [-0.39, 0.29) is 16.7 Å². The average molecular weight is 270 g/mol. The summed E-state index contributed by atoms with van der Waals surface area (Å²) < 4.78 is 18.6. The third-order valence-corrected chi connectivity index (χ3v) is 3.57. The molecule has 2 aliphatic heterocycles. The van der Waals surface area contributed by atoms with Gasteiger partial charge in [0.05, 0.1) is 17.1 Å². The summed E-state index contributed by atoms with van der Waals surface area (Å²) in [4.78, 5) is 25.0. The summed E-state index contributed by atoms with van der Waals surface area (Å²) in [5, 5.41) is 0.0520. The molecule has 2 fully saturated rings. The van der Waals surface area contributed by atoms with Crippen LogP contribution in [0.2, 0.25) is 5.02 Å². The first-order valence-corrected chi connectivity index (χ1v) is 5.91. The van der Waals surface area contributed by atoms with Crippen molar-refractivity contribution in [3.05, 3.63) is 34.6 Å². The minimum Gasteiger partial charge on any atom is -0.459 e. The van der Waals surface area contributed by atoms with Crippen LogP contribution in [-0.4, -0.2) is 35.5 Å². The Labute approximate surface area is 107 Å². The van der Waals surface area contributed by atoms with Crippen LogP contribution in [0.15, 0.2) is 18.2 Å². The lowest BCUT2D eigenvalue weighted by Gasteiger charge is -2.26. The Bertz CT molecular complexity index is 528. The summed E-state index contributed by atoms with van der Waals surface area (Å²) in [5.74, 6) is -1.65. The van der Waals surface area contributed by atoms with Crippen molar-refractivity contribution in [2.45, 2.75) is 18.6 Å². The minimum atomic E-state index is -0.677. The number of ether oxygens (including phenoxy) is 1. The number of amides is 1. The number of carbonyl (C=O) groups excluding carboxylic acids is 2. The number of carbonyl (C=O) groups is 2. The van der Waals surface area contributed by atoms with E-state index >= 15 is 0 Å². The summed E-state index contributed by atoms with van der Waals surface area (Å²) in [6, 6.07) is 3.45. The molecule has 2 atom stereocenters. The van der Waals surface area contributed by atoms with Crippen molar-refractivity contribution >= 4 is 23.5 Å². The lowest BCUT2D eigenvalue weighted by Crippen LogP contribution is -2.44. The second-order valence-electron chi connectivity index (χ2n) is 4.36. The molecule has 0 radical (unpaired) electrons. The van der Waals surface area contributed by atoms with E-state index in [1.807, 2.05) is 0 Å². The second kappa shape index (κ2) is 3.95. The van der Waals surface area contributed by atoms with Gasteiger partial charge in [0.2, 0.25) is 0 Å². The molecule has 6 heteroatoms. The predicted octanol–water partition coefficient (Wildman–Crippen LogP) is 1.62. The molecule has 1 aromatic rings. The Morgan fingerprint density at radius 3 is 2.89 bits per heavy atom. The maximum absolute atomic E-state index is 13.6. The van der Waals surface area contributed by atoms with E-state index in [4.69, 9.17) is 16.3 Å². The molecule has 2 bridgehead atoms. The van der Waals surface area contributed by atoms with Crippen molar-refractivity contribution in [1.82, 2.24) is 4.90 Å². The first-order chi connectivity index (χ1) is 8.58. The van der Waals surface area contributed by atoms with Crippen molar-refractivity contribution in [2.75, 3.05) is 6.54 Å². The Balaban J connectivity index is 1.94. The van der Waals surface area contributed by atoms with E-state index in [1.54, 1.807) is 0 Å². The quantitative estimate of drug-likeness (QED) is 0.728. The smallest absolute Gasteiger partial charge is 0.329 e. The van der Waals surface area contributed by atoms with Crippen LogP contribution in [0.5, 0.6) is 0 Å². The summed E-state index contributed by atoms with van der Waals surface area (Å²) in [7, 11) is 0. The highest BCUT2D eigenvalue weighted by molar-refractivity contribution is 6.33. The van der Waals surface area contributed by atoms with Gasteiger partial charge in [-0.2, -0.15) is 0 Å². The Hall–Kier alpha value is -1.62. The van der Waals surface area contributed by atoms with Crippen LogP contribution >= 0.6 is 11.6 Å². The largest absolute Gasteiger partial charge is 0.459 e. The van der Waals surface area contributed by atoms with Gasteiger partial charge < -0.3 is 9.64 Å². The molecule has 1 amide bonds. The number of morpholine rings is 1. The number of fused-ring (bicyclic) bond motifs is 2. The topological polar surface area (TPSA) is 46.6 Å². The first kappa shape index (κ1) is 11.5. The van der Waals surface area contributed by atoms with Gasteiger partial charge in [0.1, 0.15) is 18.0 Å². The molecule has 0 saturated carbocycles. The third-order valence-electron chi connectivity index (χ3n) is 3.26. The zero-order chi connectivity index (χ0) is 12.9.